The molecule has 0 aromatic heterocycles. The number of nitriles is 1. The Morgan fingerprint density at radius 3 is 2.63 bits per heavy atom. The number of ether oxygens (including phenoxy) is 1. The summed E-state index contributed by atoms with van der Waals surface area (Å²) in [5.74, 6) is -1.10. The highest BCUT2D eigenvalue weighted by Crippen LogP contribution is 2.35. The molecular weight excluding hydrogens is 429 g/mol. The summed E-state index contributed by atoms with van der Waals surface area (Å²) in [6, 6.07) is 8.62. The Morgan fingerprint density at radius 1 is 1.33 bits per heavy atom. The SMILES string of the molecule is COc1cc(Br)cc(/C=C(/C#N)C(=O)Nc2cccc(C(F)(F)F)c2)c1O. The van der Waals surface area contributed by atoms with Crippen molar-refractivity contribution in [2.24, 2.45) is 0 Å². The van der Waals surface area contributed by atoms with Crippen LogP contribution < -0.4 is 10.1 Å². The fraction of sp³-hybridized carbons (Fsp3) is 0.111. The van der Waals surface area contributed by atoms with Crippen molar-refractivity contribution in [1.29, 1.82) is 5.26 Å². The van der Waals surface area contributed by atoms with E-state index in [-0.39, 0.29) is 22.7 Å². The highest BCUT2D eigenvalue weighted by molar-refractivity contribution is 9.10. The molecule has 0 fully saturated rings. The third-order valence-corrected chi connectivity index (χ3v) is 3.86. The fourth-order valence-electron chi connectivity index (χ4n) is 2.14. The van der Waals surface area contributed by atoms with Crippen LogP contribution in [0.2, 0.25) is 0 Å². The number of aromatic hydroxyl groups is 1. The van der Waals surface area contributed by atoms with Crippen LogP contribution in [0.5, 0.6) is 11.5 Å². The summed E-state index contributed by atoms with van der Waals surface area (Å²) in [4.78, 5) is 12.3. The Labute approximate surface area is 160 Å². The van der Waals surface area contributed by atoms with Crippen molar-refractivity contribution < 1.29 is 27.8 Å². The molecule has 2 N–H and O–H groups in total. The normalized spacial score (nSPS) is 11.6. The molecule has 2 rings (SSSR count). The number of halogens is 4. The minimum Gasteiger partial charge on any atom is -0.504 e. The summed E-state index contributed by atoms with van der Waals surface area (Å²) in [6.45, 7) is 0. The van der Waals surface area contributed by atoms with Gasteiger partial charge >= 0.3 is 6.18 Å². The quantitative estimate of drug-likeness (QED) is 0.531. The molecular formula is C18H12BrF3N2O3. The summed E-state index contributed by atoms with van der Waals surface area (Å²) in [5.41, 5.74) is -1.34. The maximum atomic E-state index is 12.8. The molecule has 9 heteroatoms. The van der Waals surface area contributed by atoms with Gasteiger partial charge in [0.1, 0.15) is 11.6 Å². The number of alkyl halides is 3. The number of rotatable bonds is 4. The maximum Gasteiger partial charge on any atom is 0.416 e. The highest BCUT2D eigenvalue weighted by Gasteiger charge is 2.30. The smallest absolute Gasteiger partial charge is 0.416 e. The molecule has 0 saturated carbocycles. The van der Waals surface area contributed by atoms with Gasteiger partial charge in [0.25, 0.3) is 5.91 Å². The number of amides is 1. The lowest BCUT2D eigenvalue weighted by atomic mass is 10.1. The van der Waals surface area contributed by atoms with Crippen molar-refractivity contribution in [2.45, 2.75) is 6.18 Å². The number of carbonyl (C=O) groups excluding carboxylic acids is 1. The van der Waals surface area contributed by atoms with Crippen LogP contribution in [-0.2, 0) is 11.0 Å². The van der Waals surface area contributed by atoms with Crippen LogP contribution >= 0.6 is 15.9 Å². The number of phenolic OH excluding ortho intramolecular Hbond substituents is 1. The van der Waals surface area contributed by atoms with Gasteiger partial charge in [0.15, 0.2) is 11.5 Å². The second-order valence-electron chi connectivity index (χ2n) is 5.25. The van der Waals surface area contributed by atoms with E-state index in [2.05, 4.69) is 21.2 Å². The van der Waals surface area contributed by atoms with E-state index in [1.165, 1.54) is 25.3 Å². The van der Waals surface area contributed by atoms with Crippen LogP contribution in [0.15, 0.2) is 46.4 Å². The average molecular weight is 441 g/mol. The first-order chi connectivity index (χ1) is 12.7. The third-order valence-electron chi connectivity index (χ3n) is 3.40. The van der Waals surface area contributed by atoms with Gasteiger partial charge in [-0.1, -0.05) is 22.0 Å². The van der Waals surface area contributed by atoms with Crippen LogP contribution in [0, 0.1) is 11.3 Å². The predicted molar refractivity (Wildman–Crippen MR) is 96.0 cm³/mol. The Hall–Kier alpha value is -2.99. The molecule has 0 aliphatic heterocycles. The summed E-state index contributed by atoms with van der Waals surface area (Å²) < 4.78 is 43.8. The Balaban J connectivity index is 2.34. The van der Waals surface area contributed by atoms with Gasteiger partial charge in [-0.15, -0.1) is 0 Å². The molecule has 0 atom stereocenters. The number of hydrogen-bond donors (Lipinski definition) is 2. The van der Waals surface area contributed by atoms with Crippen LogP contribution in [-0.4, -0.2) is 18.1 Å². The Bertz CT molecular complexity index is 950. The standard InChI is InChI=1S/C18H12BrF3N2O3/c1-27-15-8-13(19)6-10(16(15)25)5-11(9-23)17(26)24-14-4-2-3-12(7-14)18(20,21)22/h2-8,25H,1H3,(H,24,26)/b11-5-. The molecule has 0 aliphatic rings. The first kappa shape index (κ1) is 20.3. The largest absolute Gasteiger partial charge is 0.504 e. The van der Waals surface area contributed by atoms with E-state index in [1.54, 1.807) is 6.07 Å². The molecule has 0 bridgehead atoms. The van der Waals surface area contributed by atoms with Gasteiger partial charge in [0.05, 0.1) is 12.7 Å². The first-order valence-corrected chi connectivity index (χ1v) is 8.12. The van der Waals surface area contributed by atoms with Crippen LogP contribution in [0.4, 0.5) is 18.9 Å². The molecule has 140 valence electrons. The van der Waals surface area contributed by atoms with Crippen LogP contribution in [0.25, 0.3) is 6.08 Å². The van der Waals surface area contributed by atoms with Crippen molar-refractivity contribution >= 4 is 33.6 Å². The molecule has 5 nitrogen and oxygen atoms in total. The molecule has 27 heavy (non-hydrogen) atoms. The van der Waals surface area contributed by atoms with Gasteiger partial charge in [0, 0.05) is 15.7 Å². The molecule has 0 radical (unpaired) electrons. The van der Waals surface area contributed by atoms with Gasteiger partial charge in [-0.05, 0) is 36.4 Å². The summed E-state index contributed by atoms with van der Waals surface area (Å²) in [5, 5.41) is 21.6. The Kier molecular flexibility index (Phi) is 6.13. The van der Waals surface area contributed by atoms with E-state index in [0.717, 1.165) is 24.3 Å². The second kappa shape index (κ2) is 8.14. The number of benzene rings is 2. The lowest BCUT2D eigenvalue weighted by Gasteiger charge is -2.10. The number of hydrogen-bond acceptors (Lipinski definition) is 4. The molecule has 1 amide bonds. The molecule has 2 aromatic carbocycles. The zero-order chi connectivity index (χ0) is 20.2. The molecule has 0 spiro atoms. The topological polar surface area (TPSA) is 82.3 Å². The molecule has 0 unspecified atom stereocenters. The lowest BCUT2D eigenvalue weighted by Crippen LogP contribution is -2.14. The lowest BCUT2D eigenvalue weighted by molar-refractivity contribution is -0.137. The summed E-state index contributed by atoms with van der Waals surface area (Å²) in [6.07, 6.45) is -3.46. The van der Waals surface area contributed by atoms with E-state index in [4.69, 9.17) is 4.74 Å². The Morgan fingerprint density at radius 2 is 2.04 bits per heavy atom. The average Bonchev–Trinajstić information content (AvgIpc) is 2.61. The van der Waals surface area contributed by atoms with Crippen molar-refractivity contribution in [1.82, 2.24) is 0 Å². The fourth-order valence-corrected chi connectivity index (χ4v) is 2.59. The first-order valence-electron chi connectivity index (χ1n) is 7.32. The predicted octanol–water partition coefficient (Wildman–Crippen LogP) is 4.73. The van der Waals surface area contributed by atoms with Crippen molar-refractivity contribution in [3.05, 3.63) is 57.6 Å². The zero-order valence-corrected chi connectivity index (χ0v) is 15.4. The van der Waals surface area contributed by atoms with Gasteiger partial charge in [-0.3, -0.25) is 4.79 Å². The summed E-state index contributed by atoms with van der Waals surface area (Å²) in [7, 11) is 1.33. The van der Waals surface area contributed by atoms with Crippen LogP contribution in [0.3, 0.4) is 0 Å². The molecule has 0 aliphatic carbocycles. The van der Waals surface area contributed by atoms with E-state index >= 15 is 0 Å². The van der Waals surface area contributed by atoms with Gasteiger partial charge < -0.3 is 15.2 Å². The van der Waals surface area contributed by atoms with E-state index in [9.17, 15) is 28.3 Å². The van der Waals surface area contributed by atoms with E-state index in [1.807, 2.05) is 0 Å². The minimum atomic E-state index is -4.56. The van der Waals surface area contributed by atoms with Crippen molar-refractivity contribution in [3.63, 3.8) is 0 Å². The van der Waals surface area contributed by atoms with Crippen molar-refractivity contribution in [2.75, 3.05) is 12.4 Å². The highest BCUT2D eigenvalue weighted by atomic mass is 79.9. The number of anilines is 1. The minimum absolute atomic E-state index is 0.117. The number of nitrogens with one attached hydrogen (secondary N) is 1. The number of nitrogens with zero attached hydrogens (tertiary/aromatic N) is 1. The van der Waals surface area contributed by atoms with Gasteiger partial charge in [0.2, 0.25) is 0 Å². The van der Waals surface area contributed by atoms with Crippen molar-refractivity contribution in [3.8, 4) is 17.6 Å². The zero-order valence-electron chi connectivity index (χ0n) is 13.8. The monoisotopic (exact) mass is 440 g/mol. The molecule has 2 aromatic rings. The molecule has 0 heterocycles. The summed E-state index contributed by atoms with van der Waals surface area (Å²) >= 11 is 3.21. The van der Waals surface area contributed by atoms with Gasteiger partial charge in [-0.2, -0.15) is 18.4 Å². The molecule has 0 saturated heterocycles. The third kappa shape index (κ3) is 5.01. The second-order valence-corrected chi connectivity index (χ2v) is 6.16. The van der Waals surface area contributed by atoms with Gasteiger partial charge in [-0.25, -0.2) is 0 Å². The van der Waals surface area contributed by atoms with E-state index in [0.29, 0.717) is 4.47 Å². The maximum absolute atomic E-state index is 12.8. The number of methoxy groups -OCH3 is 1. The van der Waals surface area contributed by atoms with Crippen LogP contribution in [0.1, 0.15) is 11.1 Å². The number of phenols is 1. The number of carbonyl (C=O) groups is 1. The van der Waals surface area contributed by atoms with E-state index < -0.39 is 23.2 Å².